The highest BCUT2D eigenvalue weighted by Gasteiger charge is 2.28. The quantitative estimate of drug-likeness (QED) is 0.708. The average molecular weight is 322 g/mol. The van der Waals surface area contributed by atoms with Crippen LogP contribution in [0.1, 0.15) is 17.4 Å². The molecule has 122 valence electrons. The molecule has 0 unspecified atom stereocenters. The van der Waals surface area contributed by atoms with E-state index in [0.717, 1.165) is 17.8 Å². The molecule has 3 nitrogen and oxygen atoms in total. The summed E-state index contributed by atoms with van der Waals surface area (Å²) in [4.78, 5) is 2.24. The molecular formula is C20H19FN2O. The van der Waals surface area contributed by atoms with Gasteiger partial charge >= 0.3 is 0 Å². The minimum absolute atomic E-state index is 0.138. The van der Waals surface area contributed by atoms with Crippen LogP contribution in [0.5, 0.6) is 0 Å². The maximum absolute atomic E-state index is 14.0. The predicted molar refractivity (Wildman–Crippen MR) is 92.9 cm³/mol. The molecule has 2 heterocycles. The van der Waals surface area contributed by atoms with Gasteiger partial charge in [-0.25, -0.2) is 4.39 Å². The molecule has 1 aliphatic heterocycles. The van der Waals surface area contributed by atoms with Crippen LogP contribution in [0.4, 0.5) is 10.1 Å². The third-order valence-corrected chi connectivity index (χ3v) is 4.39. The number of anilines is 1. The van der Waals surface area contributed by atoms with Crippen molar-refractivity contribution in [2.24, 2.45) is 0 Å². The zero-order valence-electron chi connectivity index (χ0n) is 13.5. The first-order chi connectivity index (χ1) is 11.7. The smallest absolute Gasteiger partial charge is 0.158 e. The van der Waals surface area contributed by atoms with E-state index in [0.29, 0.717) is 12.3 Å². The highest BCUT2D eigenvalue weighted by atomic mass is 19.1. The molecule has 0 radical (unpaired) electrons. The third-order valence-electron chi connectivity index (χ3n) is 4.39. The number of ether oxygens (including phenoxy) is 1. The Hall–Kier alpha value is -2.59. The molecule has 0 amide bonds. The summed E-state index contributed by atoms with van der Waals surface area (Å²) in [5, 5.41) is 0. The normalized spacial score (nSPS) is 17.4. The molecule has 1 aliphatic rings. The standard InChI is InChI=1S/C20H19FN2O/c1-15-6-8-17(9-7-15)23-12-13-24-20(23)16-10-11-22(14-16)19-5-3-2-4-18(19)21/h2-11,14,20H,12-13H2,1H3/t20-/m0/s1. The largest absolute Gasteiger partial charge is 0.352 e. The van der Waals surface area contributed by atoms with E-state index in [-0.39, 0.29) is 12.0 Å². The molecule has 4 heteroatoms. The van der Waals surface area contributed by atoms with Gasteiger partial charge in [0.2, 0.25) is 0 Å². The lowest BCUT2D eigenvalue weighted by Gasteiger charge is -2.24. The Balaban J connectivity index is 1.64. The van der Waals surface area contributed by atoms with Crippen LogP contribution in [0.25, 0.3) is 5.69 Å². The van der Waals surface area contributed by atoms with Gasteiger partial charge in [-0.05, 0) is 37.3 Å². The predicted octanol–water partition coefficient (Wildman–Crippen LogP) is 4.46. The van der Waals surface area contributed by atoms with Gasteiger partial charge in [0.25, 0.3) is 0 Å². The first-order valence-electron chi connectivity index (χ1n) is 8.10. The summed E-state index contributed by atoms with van der Waals surface area (Å²) >= 11 is 0. The summed E-state index contributed by atoms with van der Waals surface area (Å²) in [6.45, 7) is 3.61. The van der Waals surface area contributed by atoms with Gasteiger partial charge in [-0.15, -0.1) is 0 Å². The molecule has 1 saturated heterocycles. The Bertz CT molecular complexity index is 841. The van der Waals surface area contributed by atoms with Gasteiger partial charge < -0.3 is 14.2 Å². The highest BCUT2D eigenvalue weighted by molar-refractivity contribution is 5.50. The number of rotatable bonds is 3. The number of aryl methyl sites for hydroxylation is 1. The first-order valence-corrected chi connectivity index (χ1v) is 8.10. The minimum Gasteiger partial charge on any atom is -0.352 e. The molecule has 0 aliphatic carbocycles. The van der Waals surface area contributed by atoms with E-state index in [2.05, 4.69) is 36.1 Å². The Morgan fingerprint density at radius 1 is 1.04 bits per heavy atom. The van der Waals surface area contributed by atoms with Crippen LogP contribution in [-0.2, 0) is 4.74 Å². The van der Waals surface area contributed by atoms with Gasteiger partial charge in [0, 0.05) is 30.2 Å². The second kappa shape index (κ2) is 6.13. The maximum atomic E-state index is 14.0. The number of aromatic nitrogens is 1. The highest BCUT2D eigenvalue weighted by Crippen LogP contribution is 2.33. The third kappa shape index (κ3) is 2.69. The molecule has 0 spiro atoms. The number of para-hydroxylation sites is 1. The fourth-order valence-electron chi connectivity index (χ4n) is 3.12. The van der Waals surface area contributed by atoms with Gasteiger partial charge in [-0.3, -0.25) is 0 Å². The minimum atomic E-state index is -0.234. The number of nitrogens with zero attached hydrogens (tertiary/aromatic N) is 2. The Labute approximate surface area is 140 Å². The van der Waals surface area contributed by atoms with Crippen molar-refractivity contribution < 1.29 is 9.13 Å². The Morgan fingerprint density at radius 3 is 2.62 bits per heavy atom. The summed E-state index contributed by atoms with van der Waals surface area (Å²) in [6, 6.07) is 17.2. The van der Waals surface area contributed by atoms with Crippen molar-refractivity contribution in [2.45, 2.75) is 13.2 Å². The Morgan fingerprint density at radius 2 is 1.83 bits per heavy atom. The molecule has 0 N–H and O–H groups in total. The van der Waals surface area contributed by atoms with Gasteiger partial charge in [0.05, 0.1) is 12.3 Å². The van der Waals surface area contributed by atoms with Crippen LogP contribution in [0, 0.1) is 12.7 Å². The maximum Gasteiger partial charge on any atom is 0.158 e. The van der Waals surface area contributed by atoms with Gasteiger partial charge in [-0.1, -0.05) is 29.8 Å². The lowest BCUT2D eigenvalue weighted by atomic mass is 10.2. The van der Waals surface area contributed by atoms with Crippen molar-refractivity contribution >= 4 is 5.69 Å². The van der Waals surface area contributed by atoms with Gasteiger partial charge in [0.1, 0.15) is 5.82 Å². The molecule has 2 aromatic carbocycles. The summed E-state index contributed by atoms with van der Waals surface area (Å²) in [7, 11) is 0. The van der Waals surface area contributed by atoms with E-state index in [1.54, 1.807) is 16.7 Å². The molecule has 0 saturated carbocycles. The molecule has 24 heavy (non-hydrogen) atoms. The summed E-state index contributed by atoms with van der Waals surface area (Å²) in [5.74, 6) is -0.234. The summed E-state index contributed by atoms with van der Waals surface area (Å²) in [6.07, 6.45) is 3.68. The lowest BCUT2D eigenvalue weighted by Crippen LogP contribution is -2.22. The fourth-order valence-corrected chi connectivity index (χ4v) is 3.12. The lowest BCUT2D eigenvalue weighted by molar-refractivity contribution is 0.114. The zero-order valence-corrected chi connectivity index (χ0v) is 13.5. The molecule has 1 fully saturated rings. The monoisotopic (exact) mass is 322 g/mol. The number of hydrogen-bond acceptors (Lipinski definition) is 2. The molecule has 1 aromatic heterocycles. The van der Waals surface area contributed by atoms with Crippen LogP contribution < -0.4 is 4.90 Å². The number of hydrogen-bond donors (Lipinski definition) is 0. The molecule has 3 aromatic rings. The van der Waals surface area contributed by atoms with E-state index in [4.69, 9.17) is 4.74 Å². The van der Waals surface area contributed by atoms with E-state index in [1.807, 2.05) is 24.5 Å². The van der Waals surface area contributed by atoms with Crippen molar-refractivity contribution in [1.29, 1.82) is 0 Å². The van der Waals surface area contributed by atoms with Crippen molar-refractivity contribution in [3.63, 3.8) is 0 Å². The van der Waals surface area contributed by atoms with Gasteiger partial charge in [0.15, 0.2) is 6.23 Å². The molecule has 4 rings (SSSR count). The average Bonchev–Trinajstić information content (AvgIpc) is 3.25. The SMILES string of the molecule is Cc1ccc(N2CCO[C@H]2c2ccn(-c3ccccc3F)c2)cc1. The van der Waals surface area contributed by atoms with Crippen molar-refractivity contribution in [1.82, 2.24) is 4.57 Å². The fraction of sp³-hybridized carbons (Fsp3) is 0.200. The topological polar surface area (TPSA) is 17.4 Å². The second-order valence-corrected chi connectivity index (χ2v) is 6.06. The Kier molecular flexibility index (Phi) is 3.82. The molecule has 1 atom stereocenters. The van der Waals surface area contributed by atoms with E-state index in [9.17, 15) is 4.39 Å². The molecule has 0 bridgehead atoms. The van der Waals surface area contributed by atoms with Crippen LogP contribution in [-0.4, -0.2) is 17.7 Å². The summed E-state index contributed by atoms with van der Waals surface area (Å²) < 4.78 is 21.7. The number of halogens is 1. The van der Waals surface area contributed by atoms with Gasteiger partial charge in [-0.2, -0.15) is 0 Å². The molecular weight excluding hydrogens is 303 g/mol. The van der Waals surface area contributed by atoms with Crippen molar-refractivity contribution in [3.05, 3.63) is 83.9 Å². The van der Waals surface area contributed by atoms with Crippen molar-refractivity contribution in [3.8, 4) is 5.69 Å². The van der Waals surface area contributed by atoms with Crippen LogP contribution >= 0.6 is 0 Å². The van der Waals surface area contributed by atoms with Crippen LogP contribution in [0.3, 0.4) is 0 Å². The summed E-state index contributed by atoms with van der Waals surface area (Å²) in [5.41, 5.74) is 3.95. The van der Waals surface area contributed by atoms with Crippen molar-refractivity contribution in [2.75, 3.05) is 18.1 Å². The van der Waals surface area contributed by atoms with E-state index >= 15 is 0 Å². The first kappa shape index (κ1) is 15.0. The zero-order chi connectivity index (χ0) is 16.5. The van der Waals surface area contributed by atoms with E-state index < -0.39 is 0 Å². The van der Waals surface area contributed by atoms with E-state index in [1.165, 1.54) is 11.6 Å². The van der Waals surface area contributed by atoms with Crippen LogP contribution in [0.15, 0.2) is 67.0 Å². The second-order valence-electron chi connectivity index (χ2n) is 6.06. The van der Waals surface area contributed by atoms with Crippen LogP contribution in [0.2, 0.25) is 0 Å². The number of benzene rings is 2.